The van der Waals surface area contributed by atoms with E-state index in [0.29, 0.717) is 42.2 Å². The van der Waals surface area contributed by atoms with Crippen molar-refractivity contribution >= 4 is 26.5 Å². The number of sulfonamides is 1. The van der Waals surface area contributed by atoms with E-state index in [4.69, 9.17) is 15.2 Å². The normalized spacial score (nSPS) is 16.3. The minimum Gasteiger partial charge on any atom is -0.486 e. The van der Waals surface area contributed by atoms with Crippen LogP contribution in [-0.2, 0) is 21.4 Å². The Morgan fingerprint density at radius 3 is 2.52 bits per heavy atom. The van der Waals surface area contributed by atoms with Crippen molar-refractivity contribution in [3.8, 4) is 5.75 Å². The fraction of sp³-hybridized carbons (Fsp3) is 0.385. The number of nitrogens with two attached hydrogens (primary N) is 1. The molecule has 124 valence electrons. The maximum Gasteiger partial charge on any atom is 0.243 e. The topological polar surface area (TPSA) is 108 Å². The average Bonchev–Trinajstić information content (AvgIpc) is 3.00. The number of benzene rings is 1. The monoisotopic (exact) mass is 356 g/mol. The minimum atomic E-state index is -3.48. The number of aromatic nitrogens is 2. The standard InChI is InChI=1S/C13H16N4O4S2/c14-13-16-15-12(22-13)9-21-10-1-3-11(4-2-10)23(18,19)17-5-7-20-8-6-17/h1-4H,5-9H2,(H2,14,16). The van der Waals surface area contributed by atoms with Crippen LogP contribution in [0.2, 0.25) is 0 Å². The molecule has 1 fully saturated rings. The summed E-state index contributed by atoms with van der Waals surface area (Å²) in [5, 5.41) is 8.60. The zero-order valence-corrected chi connectivity index (χ0v) is 13.8. The molecule has 23 heavy (non-hydrogen) atoms. The van der Waals surface area contributed by atoms with Gasteiger partial charge in [0.15, 0.2) is 5.01 Å². The third-order valence-electron chi connectivity index (χ3n) is 3.28. The highest BCUT2D eigenvalue weighted by Crippen LogP contribution is 2.21. The second-order valence-electron chi connectivity index (χ2n) is 4.81. The molecule has 1 aromatic carbocycles. The van der Waals surface area contributed by atoms with Crippen molar-refractivity contribution in [3.05, 3.63) is 29.3 Å². The summed E-state index contributed by atoms with van der Waals surface area (Å²) in [4.78, 5) is 0.243. The van der Waals surface area contributed by atoms with Crippen molar-refractivity contribution in [2.45, 2.75) is 11.5 Å². The second-order valence-corrected chi connectivity index (χ2v) is 7.84. The molecule has 3 rings (SSSR count). The number of morpholine rings is 1. The van der Waals surface area contributed by atoms with Gasteiger partial charge < -0.3 is 15.2 Å². The van der Waals surface area contributed by atoms with Crippen LogP contribution in [0.5, 0.6) is 5.75 Å². The summed E-state index contributed by atoms with van der Waals surface area (Å²) in [5.41, 5.74) is 5.50. The largest absolute Gasteiger partial charge is 0.486 e. The van der Waals surface area contributed by atoms with Gasteiger partial charge in [-0.2, -0.15) is 4.31 Å². The van der Waals surface area contributed by atoms with Gasteiger partial charge in [0.2, 0.25) is 15.2 Å². The zero-order chi connectivity index (χ0) is 16.3. The summed E-state index contributed by atoms with van der Waals surface area (Å²) in [6.45, 7) is 1.83. The Hall–Kier alpha value is -1.75. The fourth-order valence-corrected chi connectivity index (χ4v) is 4.04. The average molecular weight is 356 g/mol. The lowest BCUT2D eigenvalue weighted by atomic mass is 10.3. The number of ether oxygens (including phenoxy) is 2. The maximum absolute atomic E-state index is 12.5. The SMILES string of the molecule is Nc1nnc(COc2ccc(S(=O)(=O)N3CCOCC3)cc2)s1. The van der Waals surface area contributed by atoms with E-state index in [1.54, 1.807) is 12.1 Å². The number of hydrogen-bond acceptors (Lipinski definition) is 8. The van der Waals surface area contributed by atoms with Crippen LogP contribution in [0, 0.1) is 0 Å². The van der Waals surface area contributed by atoms with Crippen LogP contribution in [-0.4, -0.2) is 49.2 Å². The summed E-state index contributed by atoms with van der Waals surface area (Å²) in [7, 11) is -3.48. The Balaban J connectivity index is 1.66. The second kappa shape index (κ2) is 6.79. The number of rotatable bonds is 5. The van der Waals surface area contributed by atoms with Gasteiger partial charge in [-0.25, -0.2) is 8.42 Å². The highest BCUT2D eigenvalue weighted by molar-refractivity contribution is 7.89. The van der Waals surface area contributed by atoms with E-state index in [0.717, 1.165) is 0 Å². The molecule has 8 nitrogen and oxygen atoms in total. The molecule has 0 saturated carbocycles. The molecule has 0 spiro atoms. The Morgan fingerprint density at radius 1 is 1.22 bits per heavy atom. The van der Waals surface area contributed by atoms with Crippen LogP contribution < -0.4 is 10.5 Å². The van der Waals surface area contributed by atoms with E-state index in [9.17, 15) is 8.42 Å². The number of nitrogens with zero attached hydrogens (tertiary/aromatic N) is 3. The predicted octanol–water partition coefficient (Wildman–Crippen LogP) is 0.720. The first-order valence-electron chi connectivity index (χ1n) is 6.94. The van der Waals surface area contributed by atoms with Crippen molar-refractivity contribution in [3.63, 3.8) is 0 Å². The summed E-state index contributed by atoms with van der Waals surface area (Å²) >= 11 is 1.25. The molecule has 0 radical (unpaired) electrons. The Kier molecular flexibility index (Phi) is 4.76. The van der Waals surface area contributed by atoms with E-state index in [-0.39, 0.29) is 11.5 Å². The van der Waals surface area contributed by atoms with Gasteiger partial charge in [-0.05, 0) is 24.3 Å². The van der Waals surface area contributed by atoms with Crippen LogP contribution in [0.4, 0.5) is 5.13 Å². The van der Waals surface area contributed by atoms with Gasteiger partial charge in [0.1, 0.15) is 12.4 Å². The summed E-state index contributed by atoms with van der Waals surface area (Å²) in [6.07, 6.45) is 0. The molecule has 10 heteroatoms. The molecular formula is C13H16N4O4S2. The fourth-order valence-electron chi connectivity index (χ4n) is 2.11. The van der Waals surface area contributed by atoms with E-state index in [1.807, 2.05) is 0 Å². The van der Waals surface area contributed by atoms with E-state index >= 15 is 0 Å². The predicted molar refractivity (Wildman–Crippen MR) is 84.7 cm³/mol. The van der Waals surface area contributed by atoms with Crippen LogP contribution in [0.15, 0.2) is 29.2 Å². The van der Waals surface area contributed by atoms with Crippen LogP contribution in [0.3, 0.4) is 0 Å². The molecule has 0 bridgehead atoms. The smallest absolute Gasteiger partial charge is 0.243 e. The lowest BCUT2D eigenvalue weighted by Gasteiger charge is -2.26. The lowest BCUT2D eigenvalue weighted by Crippen LogP contribution is -2.40. The van der Waals surface area contributed by atoms with Gasteiger partial charge in [-0.1, -0.05) is 11.3 Å². The summed E-state index contributed by atoms with van der Waals surface area (Å²) < 4.78 is 37.1. The molecule has 0 amide bonds. The Morgan fingerprint density at radius 2 is 1.91 bits per heavy atom. The Labute approximate surface area is 137 Å². The molecule has 0 aliphatic carbocycles. The van der Waals surface area contributed by atoms with Crippen LogP contribution >= 0.6 is 11.3 Å². The molecule has 0 atom stereocenters. The molecule has 1 saturated heterocycles. The zero-order valence-electron chi connectivity index (χ0n) is 12.2. The third-order valence-corrected chi connectivity index (χ3v) is 5.92. The molecule has 2 aromatic rings. The van der Waals surface area contributed by atoms with Crippen molar-refractivity contribution in [1.82, 2.24) is 14.5 Å². The van der Waals surface area contributed by atoms with Gasteiger partial charge in [-0.15, -0.1) is 10.2 Å². The molecule has 2 N–H and O–H groups in total. The van der Waals surface area contributed by atoms with Crippen LogP contribution in [0.25, 0.3) is 0 Å². The molecule has 1 aliphatic heterocycles. The third kappa shape index (κ3) is 3.78. The van der Waals surface area contributed by atoms with Crippen molar-refractivity contribution in [2.24, 2.45) is 0 Å². The van der Waals surface area contributed by atoms with Gasteiger partial charge in [0.25, 0.3) is 0 Å². The maximum atomic E-state index is 12.5. The van der Waals surface area contributed by atoms with E-state index < -0.39 is 10.0 Å². The first kappa shape index (κ1) is 16.1. The minimum absolute atomic E-state index is 0.241. The van der Waals surface area contributed by atoms with Crippen molar-refractivity contribution < 1.29 is 17.9 Å². The molecule has 1 aliphatic rings. The number of nitrogen functional groups attached to an aromatic ring is 1. The highest BCUT2D eigenvalue weighted by Gasteiger charge is 2.26. The lowest BCUT2D eigenvalue weighted by molar-refractivity contribution is 0.0730. The highest BCUT2D eigenvalue weighted by atomic mass is 32.2. The van der Waals surface area contributed by atoms with Crippen molar-refractivity contribution in [1.29, 1.82) is 0 Å². The first-order chi connectivity index (χ1) is 11.1. The van der Waals surface area contributed by atoms with Gasteiger partial charge in [0, 0.05) is 13.1 Å². The molecular weight excluding hydrogens is 340 g/mol. The van der Waals surface area contributed by atoms with Crippen LogP contribution in [0.1, 0.15) is 5.01 Å². The van der Waals surface area contributed by atoms with E-state index in [2.05, 4.69) is 10.2 Å². The Bertz CT molecular complexity index is 755. The van der Waals surface area contributed by atoms with Crippen molar-refractivity contribution in [2.75, 3.05) is 32.0 Å². The molecule has 2 heterocycles. The quantitative estimate of drug-likeness (QED) is 0.841. The molecule has 0 unspecified atom stereocenters. The van der Waals surface area contributed by atoms with E-state index in [1.165, 1.54) is 27.8 Å². The molecule has 1 aromatic heterocycles. The van der Waals surface area contributed by atoms with Gasteiger partial charge in [0.05, 0.1) is 18.1 Å². The number of hydrogen-bond donors (Lipinski definition) is 1. The summed E-state index contributed by atoms with van der Waals surface area (Å²) in [6, 6.07) is 6.32. The number of anilines is 1. The van der Waals surface area contributed by atoms with Gasteiger partial charge >= 0.3 is 0 Å². The first-order valence-corrected chi connectivity index (χ1v) is 9.20. The van der Waals surface area contributed by atoms with Gasteiger partial charge in [-0.3, -0.25) is 0 Å². The summed E-state index contributed by atoms with van der Waals surface area (Å²) in [5.74, 6) is 0.555.